The minimum atomic E-state index is -0.597. The topological polar surface area (TPSA) is 77.1 Å². The maximum Gasteiger partial charge on any atom is 0.276 e. The summed E-state index contributed by atoms with van der Waals surface area (Å²) in [6, 6.07) is 11.2. The molecule has 2 aliphatic rings. The molecule has 5 heteroatoms. The second-order valence-electron chi connectivity index (χ2n) is 6.41. The molecule has 0 unspecified atom stereocenters. The summed E-state index contributed by atoms with van der Waals surface area (Å²) in [7, 11) is 0. The van der Waals surface area contributed by atoms with Crippen LogP contribution in [0, 0.1) is 0 Å². The summed E-state index contributed by atoms with van der Waals surface area (Å²) in [5.41, 5.74) is 7.38. The number of pyridine rings is 1. The molecule has 1 aliphatic heterocycles. The van der Waals surface area contributed by atoms with E-state index in [0.29, 0.717) is 5.69 Å². The zero-order valence-corrected chi connectivity index (χ0v) is 12.8. The summed E-state index contributed by atoms with van der Waals surface area (Å²) in [5.74, 6) is -0.178. The van der Waals surface area contributed by atoms with E-state index in [1.54, 1.807) is 10.6 Å². The Labute approximate surface area is 134 Å². The molecule has 118 valence electrons. The zero-order valence-electron chi connectivity index (χ0n) is 12.8. The smallest absolute Gasteiger partial charge is 0.276 e. The fourth-order valence-electron chi connectivity index (χ4n) is 3.92. The summed E-state index contributed by atoms with van der Waals surface area (Å²) in [6.07, 6.45) is 4.70. The van der Waals surface area contributed by atoms with E-state index in [1.807, 2.05) is 30.3 Å². The third-order valence-electron chi connectivity index (χ3n) is 4.98. The van der Waals surface area contributed by atoms with E-state index in [1.165, 1.54) is 0 Å². The van der Waals surface area contributed by atoms with Crippen molar-refractivity contribution in [1.29, 1.82) is 0 Å². The average Bonchev–Trinajstić information content (AvgIpc) is 2.84. The van der Waals surface area contributed by atoms with Gasteiger partial charge in [0.05, 0.1) is 5.69 Å². The molecule has 1 aromatic carbocycles. The van der Waals surface area contributed by atoms with Gasteiger partial charge in [-0.15, -0.1) is 0 Å². The van der Waals surface area contributed by atoms with Gasteiger partial charge in [-0.25, -0.2) is 0 Å². The van der Waals surface area contributed by atoms with Crippen molar-refractivity contribution >= 4 is 11.6 Å². The number of hydrogen-bond donors (Lipinski definition) is 2. The molecule has 1 aromatic heterocycles. The van der Waals surface area contributed by atoms with Crippen LogP contribution in [0.4, 0.5) is 5.69 Å². The molecular formula is C18H19N3O2. The largest absolute Gasteiger partial charge is 0.394 e. The molecule has 0 bridgehead atoms. The highest BCUT2D eigenvalue weighted by molar-refractivity contribution is 6.02. The molecule has 0 saturated heterocycles. The highest BCUT2D eigenvalue weighted by Crippen LogP contribution is 2.39. The van der Waals surface area contributed by atoms with Crippen LogP contribution in [0.25, 0.3) is 11.1 Å². The number of aromatic nitrogens is 1. The summed E-state index contributed by atoms with van der Waals surface area (Å²) >= 11 is 0. The first-order chi connectivity index (χ1) is 11.1. The van der Waals surface area contributed by atoms with Crippen LogP contribution in [0.1, 0.15) is 42.6 Å². The number of hydrogen-bond acceptors (Lipinski definition) is 3. The number of fused-ring (bicyclic) bond motifs is 2. The molecular weight excluding hydrogens is 290 g/mol. The maximum atomic E-state index is 12.7. The van der Waals surface area contributed by atoms with Crippen molar-refractivity contribution in [3.63, 3.8) is 0 Å². The molecule has 2 heterocycles. The summed E-state index contributed by atoms with van der Waals surface area (Å²) < 4.78 is 1.63. The van der Waals surface area contributed by atoms with Gasteiger partial charge in [-0.3, -0.25) is 14.2 Å². The van der Waals surface area contributed by atoms with Crippen molar-refractivity contribution in [3.05, 3.63) is 52.4 Å². The van der Waals surface area contributed by atoms with E-state index in [-0.39, 0.29) is 17.2 Å². The van der Waals surface area contributed by atoms with Crippen molar-refractivity contribution in [2.24, 2.45) is 0 Å². The number of benzene rings is 1. The van der Waals surface area contributed by atoms with E-state index in [4.69, 9.17) is 5.73 Å². The first kappa shape index (κ1) is 14.1. The van der Waals surface area contributed by atoms with Crippen LogP contribution in [-0.2, 0) is 5.66 Å². The van der Waals surface area contributed by atoms with Crippen LogP contribution in [-0.4, -0.2) is 10.5 Å². The monoisotopic (exact) mass is 309 g/mol. The lowest BCUT2D eigenvalue weighted by atomic mass is 9.89. The predicted octanol–water partition coefficient (Wildman–Crippen LogP) is 2.46. The van der Waals surface area contributed by atoms with Crippen molar-refractivity contribution in [1.82, 2.24) is 9.88 Å². The fraction of sp³-hybridized carbons (Fsp3) is 0.333. The second-order valence-corrected chi connectivity index (χ2v) is 6.41. The third kappa shape index (κ3) is 2.00. The van der Waals surface area contributed by atoms with Gasteiger partial charge in [0, 0.05) is 5.56 Å². The number of carbonyl (C=O) groups excluding carboxylic acids is 1. The summed E-state index contributed by atoms with van der Waals surface area (Å²) in [6.45, 7) is 0. The molecule has 0 atom stereocenters. The molecule has 4 rings (SSSR count). The number of nitrogens with one attached hydrogen (secondary N) is 1. The number of rotatable bonds is 1. The molecule has 2 aromatic rings. The van der Waals surface area contributed by atoms with Crippen LogP contribution >= 0.6 is 0 Å². The molecule has 1 saturated carbocycles. The van der Waals surface area contributed by atoms with E-state index >= 15 is 0 Å². The first-order valence-corrected chi connectivity index (χ1v) is 8.06. The van der Waals surface area contributed by atoms with Crippen LogP contribution in [0.2, 0.25) is 0 Å². The minimum Gasteiger partial charge on any atom is -0.394 e. The Hall–Kier alpha value is -2.56. The fourth-order valence-corrected chi connectivity index (χ4v) is 3.92. The van der Waals surface area contributed by atoms with Gasteiger partial charge in [0.25, 0.3) is 11.5 Å². The van der Waals surface area contributed by atoms with Crippen LogP contribution < -0.4 is 16.6 Å². The first-order valence-electron chi connectivity index (χ1n) is 8.06. The highest BCUT2D eigenvalue weighted by atomic mass is 16.2. The molecule has 0 radical (unpaired) electrons. The highest BCUT2D eigenvalue weighted by Gasteiger charge is 2.45. The number of amides is 1. The number of nitrogen functional groups attached to an aromatic ring is 1. The van der Waals surface area contributed by atoms with Gasteiger partial charge in [0.1, 0.15) is 11.4 Å². The molecule has 3 N–H and O–H groups in total. The third-order valence-corrected chi connectivity index (χ3v) is 4.98. The minimum absolute atomic E-state index is 0.178. The lowest BCUT2D eigenvalue weighted by molar-refractivity contribution is 0.0877. The van der Waals surface area contributed by atoms with Crippen LogP contribution in [0.5, 0.6) is 0 Å². The Morgan fingerprint density at radius 2 is 1.74 bits per heavy atom. The van der Waals surface area contributed by atoms with Gasteiger partial charge in [-0.2, -0.15) is 0 Å². The Morgan fingerprint density at radius 1 is 1.04 bits per heavy atom. The van der Waals surface area contributed by atoms with E-state index in [2.05, 4.69) is 5.32 Å². The van der Waals surface area contributed by atoms with E-state index in [9.17, 15) is 9.59 Å². The molecule has 5 nitrogen and oxygen atoms in total. The number of nitrogens with zero attached hydrogens (tertiary/aromatic N) is 1. The Bertz CT molecular complexity index is 833. The van der Waals surface area contributed by atoms with Gasteiger partial charge < -0.3 is 11.1 Å². The average molecular weight is 309 g/mol. The predicted molar refractivity (Wildman–Crippen MR) is 89.1 cm³/mol. The Kier molecular flexibility index (Phi) is 3.04. The lowest BCUT2D eigenvalue weighted by Crippen LogP contribution is -2.48. The van der Waals surface area contributed by atoms with Crippen LogP contribution in [0.15, 0.2) is 41.2 Å². The SMILES string of the molecule is Nc1cc(-c2ccccc2)c2n(c1=O)C1(CCCCC1)NC2=O. The van der Waals surface area contributed by atoms with E-state index < -0.39 is 5.66 Å². The molecule has 1 fully saturated rings. The van der Waals surface area contributed by atoms with Crippen molar-refractivity contribution in [3.8, 4) is 11.1 Å². The van der Waals surface area contributed by atoms with Crippen molar-refractivity contribution < 1.29 is 4.79 Å². The van der Waals surface area contributed by atoms with Gasteiger partial charge >= 0.3 is 0 Å². The molecule has 1 amide bonds. The Morgan fingerprint density at radius 3 is 2.43 bits per heavy atom. The number of carbonyl (C=O) groups is 1. The summed E-state index contributed by atoms with van der Waals surface area (Å²) in [4.78, 5) is 25.4. The van der Waals surface area contributed by atoms with Gasteiger partial charge in [0.15, 0.2) is 0 Å². The Balaban J connectivity index is 2.02. The quantitative estimate of drug-likeness (QED) is 0.849. The van der Waals surface area contributed by atoms with Gasteiger partial charge in [0.2, 0.25) is 0 Å². The molecule has 23 heavy (non-hydrogen) atoms. The van der Waals surface area contributed by atoms with Crippen molar-refractivity contribution in [2.45, 2.75) is 37.8 Å². The van der Waals surface area contributed by atoms with E-state index in [0.717, 1.165) is 43.2 Å². The normalized spacial score (nSPS) is 18.7. The second kappa shape index (κ2) is 4.98. The number of nitrogens with two attached hydrogens (primary N) is 1. The number of anilines is 1. The standard InChI is InChI=1S/C18H19N3O2/c19-14-11-13(12-7-3-1-4-8-12)15-16(22)20-18(21(15)17(14)23)9-5-2-6-10-18/h1,3-4,7-8,11H,2,5-6,9-10,19H2,(H,20,22). The zero-order chi connectivity index (χ0) is 16.0. The summed E-state index contributed by atoms with van der Waals surface area (Å²) in [5, 5.41) is 3.08. The maximum absolute atomic E-state index is 12.7. The van der Waals surface area contributed by atoms with Gasteiger partial charge in [-0.1, -0.05) is 36.8 Å². The lowest BCUT2D eigenvalue weighted by Gasteiger charge is -2.35. The van der Waals surface area contributed by atoms with Crippen molar-refractivity contribution in [2.75, 3.05) is 5.73 Å². The molecule has 1 aliphatic carbocycles. The van der Waals surface area contributed by atoms with Gasteiger partial charge in [-0.05, 0) is 37.3 Å². The van der Waals surface area contributed by atoms with Crippen LogP contribution in [0.3, 0.4) is 0 Å². The molecule has 1 spiro atoms.